The molecule has 0 aliphatic heterocycles. The standard InChI is InChI=1S/C13H15FO/c1-10-7-11(9-12(14)8-10)13(15)5-3-2-4-6-13/h3,5,7-9,15H,2,4,6H2,1H3. The van der Waals surface area contributed by atoms with E-state index in [-0.39, 0.29) is 5.82 Å². The van der Waals surface area contributed by atoms with Crippen LogP contribution >= 0.6 is 0 Å². The minimum absolute atomic E-state index is 0.280. The molecule has 0 amide bonds. The Balaban J connectivity index is 2.43. The molecular weight excluding hydrogens is 191 g/mol. The van der Waals surface area contributed by atoms with Gasteiger partial charge < -0.3 is 5.11 Å². The summed E-state index contributed by atoms with van der Waals surface area (Å²) in [5.41, 5.74) is 0.541. The van der Waals surface area contributed by atoms with Crippen LogP contribution in [0, 0.1) is 12.7 Å². The molecular formula is C13H15FO. The summed E-state index contributed by atoms with van der Waals surface area (Å²) in [6.07, 6.45) is 6.36. The van der Waals surface area contributed by atoms with Crippen molar-refractivity contribution in [2.24, 2.45) is 0 Å². The maximum Gasteiger partial charge on any atom is 0.123 e. The Kier molecular flexibility index (Phi) is 2.61. The molecule has 0 radical (unpaired) electrons. The van der Waals surface area contributed by atoms with Crippen molar-refractivity contribution in [1.29, 1.82) is 0 Å². The monoisotopic (exact) mass is 206 g/mol. The van der Waals surface area contributed by atoms with Crippen molar-refractivity contribution in [3.63, 3.8) is 0 Å². The molecule has 1 aliphatic rings. The smallest absolute Gasteiger partial charge is 0.123 e. The summed E-state index contributed by atoms with van der Waals surface area (Å²) in [5.74, 6) is -0.280. The number of aliphatic hydroxyl groups is 1. The topological polar surface area (TPSA) is 20.2 Å². The van der Waals surface area contributed by atoms with Gasteiger partial charge >= 0.3 is 0 Å². The zero-order valence-electron chi connectivity index (χ0n) is 8.83. The fraction of sp³-hybridized carbons (Fsp3) is 0.385. The van der Waals surface area contributed by atoms with Gasteiger partial charge in [-0.05, 0) is 49.4 Å². The zero-order chi connectivity index (χ0) is 10.9. The largest absolute Gasteiger partial charge is 0.381 e. The molecule has 0 heterocycles. The number of allylic oxidation sites excluding steroid dienone is 1. The molecule has 0 saturated heterocycles. The molecule has 0 spiro atoms. The second kappa shape index (κ2) is 3.78. The molecule has 0 bridgehead atoms. The maximum absolute atomic E-state index is 13.2. The molecule has 0 aromatic heterocycles. The number of halogens is 1. The molecule has 1 unspecified atom stereocenters. The van der Waals surface area contributed by atoms with Gasteiger partial charge in [-0.3, -0.25) is 0 Å². The van der Waals surface area contributed by atoms with Crippen LogP contribution in [0.1, 0.15) is 30.4 Å². The first-order valence-corrected chi connectivity index (χ1v) is 5.28. The van der Waals surface area contributed by atoms with Gasteiger partial charge in [-0.15, -0.1) is 0 Å². The van der Waals surface area contributed by atoms with Crippen LogP contribution in [0.3, 0.4) is 0 Å². The molecule has 1 nitrogen and oxygen atoms in total. The number of hydrogen-bond acceptors (Lipinski definition) is 1. The van der Waals surface area contributed by atoms with Crippen molar-refractivity contribution in [3.8, 4) is 0 Å². The summed E-state index contributed by atoms with van der Waals surface area (Å²) in [6.45, 7) is 1.84. The Morgan fingerprint density at radius 3 is 2.73 bits per heavy atom. The predicted octanol–water partition coefficient (Wildman–Crippen LogP) is 3.06. The van der Waals surface area contributed by atoms with Crippen molar-refractivity contribution in [1.82, 2.24) is 0 Å². The van der Waals surface area contributed by atoms with Crippen LogP contribution in [0.25, 0.3) is 0 Å². The number of hydrogen-bond donors (Lipinski definition) is 1. The summed E-state index contributed by atoms with van der Waals surface area (Å²) < 4.78 is 13.2. The predicted molar refractivity (Wildman–Crippen MR) is 58.0 cm³/mol. The van der Waals surface area contributed by atoms with Gasteiger partial charge in [0, 0.05) is 0 Å². The summed E-state index contributed by atoms with van der Waals surface area (Å²) in [6, 6.07) is 4.74. The second-order valence-corrected chi connectivity index (χ2v) is 4.24. The van der Waals surface area contributed by atoms with Crippen LogP contribution in [0.15, 0.2) is 30.4 Å². The van der Waals surface area contributed by atoms with E-state index in [0.717, 1.165) is 18.4 Å². The van der Waals surface area contributed by atoms with Crippen LogP contribution in [0.4, 0.5) is 4.39 Å². The Hall–Kier alpha value is -1.15. The molecule has 80 valence electrons. The van der Waals surface area contributed by atoms with E-state index in [2.05, 4.69) is 0 Å². The van der Waals surface area contributed by atoms with Gasteiger partial charge in [-0.1, -0.05) is 18.2 Å². The van der Waals surface area contributed by atoms with Crippen molar-refractivity contribution in [2.45, 2.75) is 31.8 Å². The second-order valence-electron chi connectivity index (χ2n) is 4.24. The Morgan fingerprint density at radius 2 is 2.13 bits per heavy atom. The molecule has 1 aromatic rings. The Morgan fingerprint density at radius 1 is 1.33 bits per heavy atom. The number of aryl methyl sites for hydroxylation is 1. The SMILES string of the molecule is Cc1cc(F)cc(C2(O)C=CCCC2)c1. The van der Waals surface area contributed by atoms with Crippen molar-refractivity contribution in [3.05, 3.63) is 47.3 Å². The number of rotatable bonds is 1. The molecule has 15 heavy (non-hydrogen) atoms. The molecule has 1 aromatic carbocycles. The molecule has 2 rings (SSSR count). The Bertz CT molecular complexity index is 377. The molecule has 0 saturated carbocycles. The maximum atomic E-state index is 13.2. The lowest BCUT2D eigenvalue weighted by Gasteiger charge is -2.28. The lowest BCUT2D eigenvalue weighted by atomic mass is 9.84. The average molecular weight is 206 g/mol. The third-order valence-electron chi connectivity index (χ3n) is 2.86. The molecule has 1 N–H and O–H groups in total. The summed E-state index contributed by atoms with van der Waals surface area (Å²) in [5, 5.41) is 10.3. The third-order valence-corrected chi connectivity index (χ3v) is 2.86. The van der Waals surface area contributed by atoms with Crippen LogP contribution in [0.2, 0.25) is 0 Å². The zero-order valence-corrected chi connectivity index (χ0v) is 8.83. The molecule has 2 heteroatoms. The van der Waals surface area contributed by atoms with Crippen LogP contribution in [-0.4, -0.2) is 5.11 Å². The van der Waals surface area contributed by atoms with E-state index >= 15 is 0 Å². The highest BCUT2D eigenvalue weighted by Crippen LogP contribution is 2.33. The first-order valence-electron chi connectivity index (χ1n) is 5.28. The summed E-state index contributed by atoms with van der Waals surface area (Å²) in [4.78, 5) is 0. The van der Waals surface area contributed by atoms with E-state index in [0.29, 0.717) is 12.0 Å². The van der Waals surface area contributed by atoms with E-state index < -0.39 is 5.60 Å². The van der Waals surface area contributed by atoms with Gasteiger partial charge in [0.15, 0.2) is 0 Å². The number of benzene rings is 1. The van der Waals surface area contributed by atoms with Gasteiger partial charge in [0.2, 0.25) is 0 Å². The van der Waals surface area contributed by atoms with Gasteiger partial charge in [0.05, 0.1) is 0 Å². The van der Waals surface area contributed by atoms with E-state index in [1.54, 1.807) is 6.08 Å². The van der Waals surface area contributed by atoms with E-state index in [1.165, 1.54) is 12.1 Å². The van der Waals surface area contributed by atoms with Crippen LogP contribution < -0.4 is 0 Å². The quantitative estimate of drug-likeness (QED) is 0.700. The minimum atomic E-state index is -0.967. The van der Waals surface area contributed by atoms with Crippen molar-refractivity contribution >= 4 is 0 Å². The minimum Gasteiger partial charge on any atom is -0.381 e. The van der Waals surface area contributed by atoms with E-state index in [4.69, 9.17) is 0 Å². The first-order chi connectivity index (χ1) is 7.10. The van der Waals surface area contributed by atoms with Gasteiger partial charge in [-0.2, -0.15) is 0 Å². The van der Waals surface area contributed by atoms with Crippen LogP contribution in [-0.2, 0) is 5.60 Å². The normalized spacial score (nSPS) is 25.5. The Labute approximate surface area is 89.3 Å². The molecule has 1 aliphatic carbocycles. The summed E-state index contributed by atoms with van der Waals surface area (Å²) >= 11 is 0. The fourth-order valence-electron chi connectivity index (χ4n) is 2.08. The fourth-order valence-corrected chi connectivity index (χ4v) is 2.08. The average Bonchev–Trinajstić information content (AvgIpc) is 2.17. The van der Waals surface area contributed by atoms with Gasteiger partial charge in [0.1, 0.15) is 11.4 Å². The molecule has 0 fully saturated rings. The van der Waals surface area contributed by atoms with E-state index in [1.807, 2.05) is 19.1 Å². The van der Waals surface area contributed by atoms with Crippen molar-refractivity contribution < 1.29 is 9.50 Å². The highest BCUT2D eigenvalue weighted by molar-refractivity contribution is 5.32. The highest BCUT2D eigenvalue weighted by atomic mass is 19.1. The third kappa shape index (κ3) is 2.10. The highest BCUT2D eigenvalue weighted by Gasteiger charge is 2.27. The lowest BCUT2D eigenvalue weighted by Crippen LogP contribution is -2.25. The lowest BCUT2D eigenvalue weighted by molar-refractivity contribution is 0.0722. The van der Waals surface area contributed by atoms with Gasteiger partial charge in [0.25, 0.3) is 0 Å². The first kappa shape index (κ1) is 10.4. The summed E-state index contributed by atoms with van der Waals surface area (Å²) in [7, 11) is 0. The van der Waals surface area contributed by atoms with Crippen LogP contribution in [0.5, 0.6) is 0 Å². The van der Waals surface area contributed by atoms with Gasteiger partial charge in [-0.25, -0.2) is 4.39 Å². The van der Waals surface area contributed by atoms with E-state index in [9.17, 15) is 9.50 Å². The van der Waals surface area contributed by atoms with Crippen molar-refractivity contribution in [2.75, 3.05) is 0 Å². The molecule has 1 atom stereocenters.